The van der Waals surface area contributed by atoms with E-state index in [9.17, 15) is 4.79 Å². The SMILES string of the molecule is CCOC(=O)c1cc(-c2ccc(N(CCOC)CCOC)nc2)c(C(=N)C(C)C)c(Nc2ccnc(N3CCOCC3)c2)n1. The van der Waals surface area contributed by atoms with Gasteiger partial charge in [0.2, 0.25) is 0 Å². The van der Waals surface area contributed by atoms with E-state index in [2.05, 4.69) is 20.1 Å². The molecule has 3 aromatic rings. The highest BCUT2D eigenvalue weighted by atomic mass is 16.5. The van der Waals surface area contributed by atoms with E-state index in [0.29, 0.717) is 62.2 Å². The number of carbonyl (C=O) groups is 1. The molecule has 1 saturated heterocycles. The molecule has 12 nitrogen and oxygen atoms in total. The molecule has 0 saturated carbocycles. The van der Waals surface area contributed by atoms with Crippen LogP contribution in [0, 0.1) is 11.3 Å². The van der Waals surface area contributed by atoms with Crippen molar-refractivity contribution in [3.8, 4) is 11.1 Å². The molecule has 0 bridgehead atoms. The van der Waals surface area contributed by atoms with Gasteiger partial charge in [0.05, 0.1) is 33.0 Å². The van der Waals surface area contributed by atoms with Gasteiger partial charge >= 0.3 is 5.97 Å². The lowest BCUT2D eigenvalue weighted by Crippen LogP contribution is -2.36. The highest BCUT2D eigenvalue weighted by Gasteiger charge is 2.24. The van der Waals surface area contributed by atoms with Crippen LogP contribution in [-0.4, -0.2) is 100 Å². The van der Waals surface area contributed by atoms with Crippen LogP contribution >= 0.6 is 0 Å². The highest BCUT2D eigenvalue weighted by Crippen LogP contribution is 2.34. The second kappa shape index (κ2) is 16.1. The maximum absolute atomic E-state index is 13.0. The van der Waals surface area contributed by atoms with Gasteiger partial charge in [-0.05, 0) is 42.7 Å². The summed E-state index contributed by atoms with van der Waals surface area (Å²) < 4.78 is 21.4. The third kappa shape index (κ3) is 8.28. The number of rotatable bonds is 15. The summed E-state index contributed by atoms with van der Waals surface area (Å²) in [6.07, 6.45) is 3.49. The predicted molar refractivity (Wildman–Crippen MR) is 172 cm³/mol. The Balaban J connectivity index is 1.80. The van der Waals surface area contributed by atoms with E-state index in [1.807, 2.05) is 38.1 Å². The van der Waals surface area contributed by atoms with Crippen molar-refractivity contribution in [1.82, 2.24) is 15.0 Å². The molecular weight excluding hydrogens is 562 g/mol. The minimum atomic E-state index is -0.543. The van der Waals surface area contributed by atoms with E-state index in [1.54, 1.807) is 39.6 Å². The van der Waals surface area contributed by atoms with Gasteiger partial charge < -0.3 is 39.5 Å². The number of nitrogens with zero attached hydrogens (tertiary/aromatic N) is 5. The van der Waals surface area contributed by atoms with Gasteiger partial charge in [0, 0.05) is 81.4 Å². The van der Waals surface area contributed by atoms with Crippen molar-refractivity contribution in [2.24, 2.45) is 5.92 Å². The summed E-state index contributed by atoms with van der Waals surface area (Å²) >= 11 is 0. The number of methoxy groups -OCH3 is 2. The van der Waals surface area contributed by atoms with Crippen molar-refractivity contribution in [3.05, 3.63) is 54.0 Å². The summed E-state index contributed by atoms with van der Waals surface area (Å²) in [7, 11) is 3.34. The minimum absolute atomic E-state index is 0.114. The highest BCUT2D eigenvalue weighted by molar-refractivity contribution is 6.10. The fraction of sp³-hybridized carbons (Fsp3) is 0.469. The predicted octanol–water partition coefficient (Wildman–Crippen LogP) is 4.42. The zero-order chi connectivity index (χ0) is 31.5. The quantitative estimate of drug-likeness (QED) is 0.188. The fourth-order valence-corrected chi connectivity index (χ4v) is 4.81. The van der Waals surface area contributed by atoms with Gasteiger partial charge in [0.25, 0.3) is 0 Å². The maximum atomic E-state index is 13.0. The van der Waals surface area contributed by atoms with Gasteiger partial charge in [-0.1, -0.05) is 13.8 Å². The topological polar surface area (TPSA) is 135 Å². The van der Waals surface area contributed by atoms with Gasteiger partial charge in [-0.15, -0.1) is 0 Å². The lowest BCUT2D eigenvalue weighted by Gasteiger charge is -2.28. The third-order valence-corrected chi connectivity index (χ3v) is 7.21. The van der Waals surface area contributed by atoms with E-state index in [-0.39, 0.29) is 18.2 Å². The first-order valence-electron chi connectivity index (χ1n) is 14.9. The van der Waals surface area contributed by atoms with E-state index in [4.69, 9.17) is 34.3 Å². The molecule has 4 heterocycles. The van der Waals surface area contributed by atoms with Crippen LogP contribution < -0.4 is 15.1 Å². The first-order chi connectivity index (χ1) is 21.4. The molecule has 0 aromatic carbocycles. The summed E-state index contributed by atoms with van der Waals surface area (Å²) in [5.41, 5.74) is 3.23. The van der Waals surface area contributed by atoms with Crippen molar-refractivity contribution in [1.29, 1.82) is 5.41 Å². The number of morpholine rings is 1. The van der Waals surface area contributed by atoms with E-state index >= 15 is 0 Å². The van der Waals surface area contributed by atoms with Gasteiger partial charge in [-0.3, -0.25) is 0 Å². The molecule has 44 heavy (non-hydrogen) atoms. The molecule has 0 spiro atoms. The van der Waals surface area contributed by atoms with Crippen LogP contribution in [0.2, 0.25) is 0 Å². The standard InChI is InChI=1S/C32H43N7O5/c1-6-44-32(40)26-20-25(23-7-8-27(35-21-23)38(11-15-41-4)12-16-42-5)29(30(33)22(2)3)31(37-26)36-24-9-10-34-28(19-24)39-13-17-43-18-14-39/h7-10,19-22,33H,6,11-18H2,1-5H3,(H,34,36,37). The number of ether oxygens (including phenoxy) is 4. The lowest BCUT2D eigenvalue weighted by atomic mass is 9.92. The Bertz CT molecular complexity index is 1390. The number of nitrogens with one attached hydrogen (secondary N) is 2. The Morgan fingerprint density at radius 1 is 1.09 bits per heavy atom. The molecule has 236 valence electrons. The summed E-state index contributed by atoms with van der Waals surface area (Å²) in [6.45, 7) is 11.1. The molecule has 0 amide bonds. The molecule has 3 aromatic heterocycles. The van der Waals surface area contributed by atoms with Crippen molar-refractivity contribution >= 4 is 34.8 Å². The molecular formula is C32H43N7O5. The summed E-state index contributed by atoms with van der Waals surface area (Å²) in [6, 6.07) is 9.35. The molecule has 4 rings (SSSR count). The molecule has 2 N–H and O–H groups in total. The molecule has 0 atom stereocenters. The number of hydrogen-bond donors (Lipinski definition) is 2. The lowest BCUT2D eigenvalue weighted by molar-refractivity contribution is 0.0519. The average Bonchev–Trinajstić information content (AvgIpc) is 3.05. The molecule has 0 radical (unpaired) electrons. The molecule has 0 unspecified atom stereocenters. The van der Waals surface area contributed by atoms with Gasteiger partial charge in [0.1, 0.15) is 17.5 Å². The van der Waals surface area contributed by atoms with Crippen LogP contribution in [0.25, 0.3) is 11.1 Å². The van der Waals surface area contributed by atoms with Crippen molar-refractivity contribution in [2.45, 2.75) is 20.8 Å². The normalized spacial score (nSPS) is 13.2. The summed E-state index contributed by atoms with van der Waals surface area (Å²) in [5, 5.41) is 12.5. The number of hydrogen-bond acceptors (Lipinski definition) is 12. The van der Waals surface area contributed by atoms with Crippen LogP contribution in [0.4, 0.5) is 23.1 Å². The molecule has 12 heteroatoms. The number of carbonyl (C=O) groups excluding carboxylic acids is 1. The third-order valence-electron chi connectivity index (χ3n) is 7.21. The zero-order valence-electron chi connectivity index (χ0n) is 26.3. The van der Waals surface area contributed by atoms with Crippen molar-refractivity contribution in [2.75, 3.05) is 88.5 Å². The Labute approximate surface area is 259 Å². The van der Waals surface area contributed by atoms with Crippen LogP contribution in [-0.2, 0) is 18.9 Å². The van der Waals surface area contributed by atoms with Gasteiger partial charge in [0.15, 0.2) is 5.69 Å². The number of pyridine rings is 3. The van der Waals surface area contributed by atoms with Gasteiger partial charge in [-0.2, -0.15) is 0 Å². The summed E-state index contributed by atoms with van der Waals surface area (Å²) in [5.74, 6) is 1.31. The molecule has 1 aliphatic rings. The molecule has 0 aliphatic carbocycles. The average molecular weight is 606 g/mol. The van der Waals surface area contributed by atoms with Crippen molar-refractivity contribution in [3.63, 3.8) is 0 Å². The van der Waals surface area contributed by atoms with Crippen LogP contribution in [0.1, 0.15) is 36.8 Å². The van der Waals surface area contributed by atoms with Crippen LogP contribution in [0.3, 0.4) is 0 Å². The number of esters is 1. The smallest absolute Gasteiger partial charge is 0.357 e. The molecule has 1 fully saturated rings. The zero-order valence-corrected chi connectivity index (χ0v) is 26.3. The minimum Gasteiger partial charge on any atom is -0.461 e. The largest absolute Gasteiger partial charge is 0.461 e. The van der Waals surface area contributed by atoms with Crippen LogP contribution in [0.5, 0.6) is 0 Å². The first kappa shape index (κ1) is 32.8. The Morgan fingerprint density at radius 3 is 2.43 bits per heavy atom. The second-order valence-corrected chi connectivity index (χ2v) is 10.6. The van der Waals surface area contributed by atoms with E-state index in [1.165, 1.54) is 0 Å². The Hall–Kier alpha value is -4.13. The summed E-state index contributed by atoms with van der Waals surface area (Å²) in [4.78, 5) is 31.3. The Morgan fingerprint density at radius 2 is 1.82 bits per heavy atom. The first-order valence-corrected chi connectivity index (χ1v) is 14.9. The second-order valence-electron chi connectivity index (χ2n) is 10.6. The van der Waals surface area contributed by atoms with E-state index in [0.717, 1.165) is 36.0 Å². The van der Waals surface area contributed by atoms with Gasteiger partial charge in [-0.25, -0.2) is 19.7 Å². The molecule has 1 aliphatic heterocycles. The number of aromatic nitrogens is 3. The number of anilines is 4. The van der Waals surface area contributed by atoms with Crippen molar-refractivity contribution < 1.29 is 23.7 Å². The monoisotopic (exact) mass is 605 g/mol. The fourth-order valence-electron chi connectivity index (χ4n) is 4.81. The van der Waals surface area contributed by atoms with E-state index < -0.39 is 5.97 Å². The van der Waals surface area contributed by atoms with Crippen LogP contribution in [0.15, 0.2) is 42.7 Å². The maximum Gasteiger partial charge on any atom is 0.357 e. The Kier molecular flexibility index (Phi) is 12.0.